The van der Waals surface area contributed by atoms with Gasteiger partial charge in [0.15, 0.2) is 0 Å². The van der Waals surface area contributed by atoms with Crippen LogP contribution in [-0.2, 0) is 0 Å². The average Bonchev–Trinajstić information content (AvgIpc) is 3.00. The quantitative estimate of drug-likeness (QED) is 0.247. The second-order valence-electron chi connectivity index (χ2n) is 8.60. The lowest BCUT2D eigenvalue weighted by Crippen LogP contribution is -2.21. The third-order valence-electron chi connectivity index (χ3n) is 5.68. The highest BCUT2D eigenvalue weighted by Crippen LogP contribution is 2.29. The van der Waals surface area contributed by atoms with Crippen molar-refractivity contribution in [2.45, 2.75) is 40.5 Å². The Morgan fingerprint density at radius 1 is 0.975 bits per heavy atom. The van der Waals surface area contributed by atoms with E-state index >= 15 is 0 Å². The van der Waals surface area contributed by atoms with E-state index in [4.69, 9.17) is 28.9 Å². The van der Waals surface area contributed by atoms with E-state index in [0.29, 0.717) is 34.1 Å². The van der Waals surface area contributed by atoms with Crippen molar-refractivity contribution < 1.29 is 9.59 Å². The zero-order valence-electron chi connectivity index (χ0n) is 23.5. The van der Waals surface area contributed by atoms with Gasteiger partial charge in [-0.15, -0.1) is 0 Å². The molecule has 4 N–H and O–H groups in total. The van der Waals surface area contributed by atoms with Crippen LogP contribution in [0.4, 0.5) is 17.1 Å². The molecule has 0 radical (unpaired) electrons. The first-order valence-corrected chi connectivity index (χ1v) is 15.0. The number of hydrogen-bond acceptors (Lipinski definition) is 5. The lowest BCUT2D eigenvalue weighted by atomic mass is 10.1. The fourth-order valence-electron chi connectivity index (χ4n) is 3.58. The summed E-state index contributed by atoms with van der Waals surface area (Å²) in [5.74, 6) is 0.646. The van der Waals surface area contributed by atoms with E-state index in [2.05, 4.69) is 14.9 Å². The van der Waals surface area contributed by atoms with Gasteiger partial charge >= 0.3 is 0 Å². The van der Waals surface area contributed by atoms with Crippen LogP contribution in [0.25, 0.3) is 0 Å². The molecule has 9 heteroatoms. The summed E-state index contributed by atoms with van der Waals surface area (Å²) in [4.78, 5) is 25.3. The number of allylic oxidation sites excluding steroid dienone is 1. The van der Waals surface area contributed by atoms with Crippen molar-refractivity contribution in [3.8, 4) is 0 Å². The van der Waals surface area contributed by atoms with Crippen molar-refractivity contribution in [3.63, 3.8) is 0 Å². The van der Waals surface area contributed by atoms with Gasteiger partial charge < -0.3 is 20.7 Å². The molecule has 214 valence electrons. The van der Waals surface area contributed by atoms with E-state index in [1.807, 2.05) is 76.0 Å². The molecule has 0 aromatic heterocycles. The highest BCUT2D eigenvalue weighted by atomic mass is 35.5. The van der Waals surface area contributed by atoms with Gasteiger partial charge in [-0.3, -0.25) is 9.59 Å². The van der Waals surface area contributed by atoms with Gasteiger partial charge in [0, 0.05) is 46.4 Å². The highest BCUT2D eigenvalue weighted by Gasteiger charge is 2.14. The summed E-state index contributed by atoms with van der Waals surface area (Å²) in [6.45, 7) is 9.27. The van der Waals surface area contributed by atoms with Gasteiger partial charge in [-0.2, -0.15) is 0 Å². The lowest BCUT2D eigenvalue weighted by molar-refractivity contribution is 0.101. The Hall–Kier alpha value is -2.97. The maximum atomic E-state index is 12.7. The van der Waals surface area contributed by atoms with E-state index in [-0.39, 0.29) is 11.8 Å². The summed E-state index contributed by atoms with van der Waals surface area (Å²) in [6, 6.07) is 19.9. The summed E-state index contributed by atoms with van der Waals surface area (Å²) in [5, 5.41) is 6.81. The van der Waals surface area contributed by atoms with Gasteiger partial charge in [-0.05, 0) is 93.2 Å². The Morgan fingerprint density at radius 3 is 2.25 bits per heavy atom. The van der Waals surface area contributed by atoms with E-state index in [9.17, 15) is 9.59 Å². The van der Waals surface area contributed by atoms with Gasteiger partial charge in [0.05, 0.1) is 10.7 Å². The van der Waals surface area contributed by atoms with Crippen LogP contribution in [0.2, 0.25) is 5.02 Å². The maximum absolute atomic E-state index is 12.7. The van der Waals surface area contributed by atoms with E-state index in [0.717, 1.165) is 28.6 Å². The van der Waals surface area contributed by atoms with Crippen LogP contribution in [0.5, 0.6) is 0 Å². The number of carbonyl (C=O) groups excluding carboxylic acids is 2. The second-order valence-corrected chi connectivity index (χ2v) is 10.6. The molecule has 0 spiro atoms. The molecule has 1 heterocycles. The molecule has 40 heavy (non-hydrogen) atoms. The van der Waals surface area contributed by atoms with E-state index < -0.39 is 0 Å². The molecule has 2 amide bonds. The van der Waals surface area contributed by atoms with Crippen molar-refractivity contribution in [2.24, 2.45) is 5.73 Å². The lowest BCUT2D eigenvalue weighted by Gasteiger charge is -2.27. The summed E-state index contributed by atoms with van der Waals surface area (Å²) in [7, 11) is 0. The number of aryl methyl sites for hydroxylation is 1. The molecule has 6 nitrogen and oxygen atoms in total. The number of rotatable bonds is 6. The Kier molecular flexibility index (Phi) is 14.7. The first-order valence-electron chi connectivity index (χ1n) is 13.3. The van der Waals surface area contributed by atoms with Crippen molar-refractivity contribution in [1.29, 1.82) is 0 Å². The van der Waals surface area contributed by atoms with Crippen LogP contribution < -0.4 is 20.7 Å². The topological polar surface area (TPSA) is 87.5 Å². The number of nitrogens with one attached hydrogen (secondary N) is 2. The van der Waals surface area contributed by atoms with Gasteiger partial charge in [-0.25, -0.2) is 0 Å². The Labute approximate surface area is 252 Å². The number of hydrogen-bond donors (Lipinski definition) is 3. The standard InChI is InChI=1S/C25H24ClN3O2S.C4H8ClN.C2H6/c1-17-5-4-6-19(15-17)25(31)28-23-16-20(9-12-22(23)26)27-24(30)18-7-10-21(11-8-18)29-13-2-3-14-32-29;1-2-4(5)3-6;1-2/h4-12,15-16H,2-3,13-14H2,1H3,(H,27,30)(H,28,31);2H,3,6H2,1H3;1-2H3/b;4-2+;. The number of carbonyl (C=O) groups is 2. The predicted octanol–water partition coefficient (Wildman–Crippen LogP) is 8.52. The minimum Gasteiger partial charge on any atom is -0.326 e. The van der Waals surface area contributed by atoms with Crippen molar-refractivity contribution >= 4 is 64.0 Å². The first kappa shape index (κ1) is 33.2. The van der Waals surface area contributed by atoms with Crippen molar-refractivity contribution in [3.05, 3.63) is 99.6 Å². The zero-order chi connectivity index (χ0) is 29.5. The average molecular weight is 602 g/mol. The smallest absolute Gasteiger partial charge is 0.255 e. The third-order valence-corrected chi connectivity index (χ3v) is 7.56. The molecule has 1 aliphatic heterocycles. The maximum Gasteiger partial charge on any atom is 0.255 e. The van der Waals surface area contributed by atoms with Crippen LogP contribution in [0.3, 0.4) is 0 Å². The molecule has 0 unspecified atom stereocenters. The molecule has 0 saturated carbocycles. The normalized spacial score (nSPS) is 12.8. The third kappa shape index (κ3) is 10.5. The first-order chi connectivity index (χ1) is 19.3. The molecule has 0 bridgehead atoms. The number of nitrogens with zero attached hydrogens (tertiary/aromatic N) is 1. The van der Waals surface area contributed by atoms with Gasteiger partial charge in [0.2, 0.25) is 0 Å². The van der Waals surface area contributed by atoms with Crippen LogP contribution in [0, 0.1) is 6.92 Å². The summed E-state index contributed by atoms with van der Waals surface area (Å²) < 4.78 is 2.27. The number of halogens is 2. The number of amides is 2. The van der Waals surface area contributed by atoms with Crippen LogP contribution in [-0.4, -0.2) is 30.7 Å². The fourth-order valence-corrected chi connectivity index (χ4v) is 4.83. The molecule has 3 aromatic carbocycles. The Bertz CT molecular complexity index is 1280. The fraction of sp³-hybridized carbons (Fsp3) is 0.290. The van der Waals surface area contributed by atoms with Crippen LogP contribution in [0.1, 0.15) is 59.9 Å². The molecule has 0 atom stereocenters. The summed E-state index contributed by atoms with van der Waals surface area (Å²) >= 11 is 13.5. The SMILES string of the molecule is C/C=C(/Cl)CN.CC.Cc1cccc(C(=O)Nc2cc(NC(=O)c3ccc(N4CCCCS4)cc3)ccc2Cl)c1. The van der Waals surface area contributed by atoms with E-state index in [1.165, 1.54) is 12.8 Å². The zero-order valence-corrected chi connectivity index (χ0v) is 25.8. The van der Waals surface area contributed by atoms with E-state index in [1.54, 1.807) is 36.4 Å². The number of anilines is 3. The summed E-state index contributed by atoms with van der Waals surface area (Å²) in [6.07, 6.45) is 4.21. The minimum atomic E-state index is -0.259. The van der Waals surface area contributed by atoms with Crippen molar-refractivity contribution in [1.82, 2.24) is 0 Å². The molecular weight excluding hydrogens is 563 g/mol. The monoisotopic (exact) mass is 600 g/mol. The number of benzene rings is 3. The van der Waals surface area contributed by atoms with Gasteiger partial charge in [-0.1, -0.05) is 60.8 Å². The molecule has 1 saturated heterocycles. The minimum absolute atomic E-state index is 0.221. The van der Waals surface area contributed by atoms with Gasteiger partial charge in [0.1, 0.15) is 0 Å². The molecule has 3 aromatic rings. The molecule has 1 fully saturated rings. The molecule has 0 aliphatic carbocycles. The molecule has 1 aliphatic rings. The van der Waals surface area contributed by atoms with Crippen LogP contribution >= 0.6 is 35.1 Å². The highest BCUT2D eigenvalue weighted by molar-refractivity contribution is 8.00. The second kappa shape index (κ2) is 17.7. The largest absolute Gasteiger partial charge is 0.326 e. The van der Waals surface area contributed by atoms with Crippen molar-refractivity contribution in [2.75, 3.05) is 33.8 Å². The number of nitrogens with two attached hydrogens (primary N) is 1. The molecular formula is C31H38Cl2N4O2S. The van der Waals surface area contributed by atoms with Crippen LogP contribution in [0.15, 0.2) is 77.8 Å². The summed E-state index contributed by atoms with van der Waals surface area (Å²) in [5.41, 5.74) is 9.29. The molecule has 4 rings (SSSR count). The predicted molar refractivity (Wildman–Crippen MR) is 174 cm³/mol. The Balaban J connectivity index is 0.000000622. The Morgan fingerprint density at radius 2 is 1.68 bits per heavy atom. The van der Waals surface area contributed by atoms with Gasteiger partial charge in [0.25, 0.3) is 11.8 Å².